The van der Waals surface area contributed by atoms with E-state index >= 15 is 0 Å². The molecule has 3 unspecified atom stereocenters. The van der Waals surface area contributed by atoms with Gasteiger partial charge in [0, 0.05) is 5.92 Å². The van der Waals surface area contributed by atoms with Crippen LogP contribution in [0, 0.1) is 23.7 Å². The molecule has 98 valence electrons. The van der Waals surface area contributed by atoms with Gasteiger partial charge in [0.1, 0.15) is 6.29 Å². The van der Waals surface area contributed by atoms with Gasteiger partial charge in [-0.1, -0.05) is 52.2 Å². The van der Waals surface area contributed by atoms with E-state index < -0.39 is 0 Å². The molecule has 0 aliphatic heterocycles. The molecule has 0 bridgehead atoms. The van der Waals surface area contributed by atoms with Crippen molar-refractivity contribution in [2.75, 3.05) is 0 Å². The van der Waals surface area contributed by atoms with Gasteiger partial charge in [0.05, 0.1) is 0 Å². The molecular formula is C16H28O. The highest BCUT2D eigenvalue weighted by Gasteiger charge is 2.23. The number of rotatable bonds is 7. The Labute approximate surface area is 107 Å². The molecule has 0 amide bonds. The standard InChI is InChI=1S/C16H28O/c1-13(2)7-6-8-14(3)11-15-9-4-5-10-16(15)12-17/h4-5,12-16H,6-11H2,1-3H3. The minimum atomic E-state index is 0.285. The highest BCUT2D eigenvalue weighted by Crippen LogP contribution is 2.31. The van der Waals surface area contributed by atoms with Crippen molar-refractivity contribution in [3.8, 4) is 0 Å². The van der Waals surface area contributed by atoms with Crippen molar-refractivity contribution in [3.05, 3.63) is 12.2 Å². The molecule has 0 N–H and O–H groups in total. The lowest BCUT2D eigenvalue weighted by atomic mass is 9.78. The molecule has 1 nitrogen and oxygen atoms in total. The van der Waals surface area contributed by atoms with Crippen LogP contribution in [-0.2, 0) is 4.79 Å². The summed E-state index contributed by atoms with van der Waals surface area (Å²) in [5.74, 6) is 2.48. The van der Waals surface area contributed by atoms with E-state index in [1.165, 1.54) is 32.0 Å². The zero-order valence-corrected chi connectivity index (χ0v) is 11.7. The average Bonchev–Trinajstić information content (AvgIpc) is 2.29. The van der Waals surface area contributed by atoms with Crippen molar-refractivity contribution in [1.29, 1.82) is 0 Å². The van der Waals surface area contributed by atoms with E-state index in [1.54, 1.807) is 0 Å². The minimum absolute atomic E-state index is 0.285. The van der Waals surface area contributed by atoms with Crippen LogP contribution in [0.2, 0.25) is 0 Å². The number of carbonyl (C=O) groups excluding carboxylic acids is 1. The quantitative estimate of drug-likeness (QED) is 0.465. The molecule has 1 heteroatoms. The second-order valence-corrected chi connectivity index (χ2v) is 6.17. The molecule has 0 radical (unpaired) electrons. The lowest BCUT2D eigenvalue weighted by Crippen LogP contribution is -2.20. The van der Waals surface area contributed by atoms with Crippen molar-refractivity contribution in [1.82, 2.24) is 0 Å². The van der Waals surface area contributed by atoms with Crippen LogP contribution in [0.1, 0.15) is 59.3 Å². The van der Waals surface area contributed by atoms with Crippen molar-refractivity contribution < 1.29 is 4.79 Å². The highest BCUT2D eigenvalue weighted by molar-refractivity contribution is 5.54. The fourth-order valence-electron chi connectivity index (χ4n) is 2.84. The zero-order chi connectivity index (χ0) is 12.7. The largest absolute Gasteiger partial charge is 0.303 e. The molecule has 0 aromatic carbocycles. The van der Waals surface area contributed by atoms with Gasteiger partial charge in [0.25, 0.3) is 0 Å². The van der Waals surface area contributed by atoms with Crippen molar-refractivity contribution in [3.63, 3.8) is 0 Å². The van der Waals surface area contributed by atoms with Gasteiger partial charge in [-0.2, -0.15) is 0 Å². The van der Waals surface area contributed by atoms with Gasteiger partial charge in [-0.05, 0) is 37.0 Å². The molecule has 0 saturated carbocycles. The first-order valence-corrected chi connectivity index (χ1v) is 7.23. The first kappa shape index (κ1) is 14.5. The van der Waals surface area contributed by atoms with E-state index in [1.807, 2.05) is 0 Å². The number of carbonyl (C=O) groups is 1. The summed E-state index contributed by atoms with van der Waals surface area (Å²) in [6, 6.07) is 0. The predicted octanol–water partition coefficient (Wildman–Crippen LogP) is 4.62. The fourth-order valence-corrected chi connectivity index (χ4v) is 2.84. The molecule has 1 rings (SSSR count). The molecule has 17 heavy (non-hydrogen) atoms. The Kier molecular flexibility index (Phi) is 6.54. The number of hydrogen-bond acceptors (Lipinski definition) is 1. The van der Waals surface area contributed by atoms with Crippen LogP contribution in [0.3, 0.4) is 0 Å². The van der Waals surface area contributed by atoms with E-state index in [9.17, 15) is 4.79 Å². The van der Waals surface area contributed by atoms with E-state index in [0.717, 1.165) is 24.7 Å². The molecule has 0 spiro atoms. The van der Waals surface area contributed by atoms with Crippen LogP contribution in [0.15, 0.2) is 12.2 Å². The average molecular weight is 236 g/mol. The second kappa shape index (κ2) is 7.68. The molecule has 0 heterocycles. The normalized spacial score (nSPS) is 26.1. The van der Waals surface area contributed by atoms with Gasteiger partial charge in [-0.15, -0.1) is 0 Å². The van der Waals surface area contributed by atoms with Gasteiger partial charge in [-0.25, -0.2) is 0 Å². The van der Waals surface area contributed by atoms with Crippen LogP contribution in [0.25, 0.3) is 0 Å². The Bertz CT molecular complexity index is 242. The van der Waals surface area contributed by atoms with Gasteiger partial charge < -0.3 is 4.79 Å². The summed E-state index contributed by atoms with van der Waals surface area (Å²) in [4.78, 5) is 11.0. The molecule has 1 aliphatic rings. The molecule has 0 fully saturated rings. The zero-order valence-electron chi connectivity index (χ0n) is 11.7. The third-order valence-corrected chi connectivity index (χ3v) is 3.98. The monoisotopic (exact) mass is 236 g/mol. The summed E-state index contributed by atoms with van der Waals surface area (Å²) in [6.45, 7) is 6.93. The van der Waals surface area contributed by atoms with Gasteiger partial charge in [-0.3, -0.25) is 0 Å². The minimum Gasteiger partial charge on any atom is -0.303 e. The van der Waals surface area contributed by atoms with E-state index in [4.69, 9.17) is 0 Å². The van der Waals surface area contributed by atoms with Gasteiger partial charge in [0.15, 0.2) is 0 Å². The summed E-state index contributed by atoms with van der Waals surface area (Å²) in [5, 5.41) is 0. The lowest BCUT2D eigenvalue weighted by molar-refractivity contribution is -0.112. The predicted molar refractivity (Wildman–Crippen MR) is 73.9 cm³/mol. The van der Waals surface area contributed by atoms with Crippen LogP contribution in [0.5, 0.6) is 0 Å². The third kappa shape index (κ3) is 5.52. The number of allylic oxidation sites excluding steroid dienone is 2. The van der Waals surface area contributed by atoms with Crippen molar-refractivity contribution in [2.45, 2.75) is 59.3 Å². The Hall–Kier alpha value is -0.590. The van der Waals surface area contributed by atoms with Gasteiger partial charge in [0.2, 0.25) is 0 Å². The maximum absolute atomic E-state index is 11.0. The summed E-state index contributed by atoms with van der Waals surface area (Å²) >= 11 is 0. The van der Waals surface area contributed by atoms with Crippen molar-refractivity contribution in [2.24, 2.45) is 23.7 Å². The number of aldehydes is 1. The van der Waals surface area contributed by atoms with Gasteiger partial charge >= 0.3 is 0 Å². The van der Waals surface area contributed by atoms with Crippen molar-refractivity contribution >= 4 is 6.29 Å². The van der Waals surface area contributed by atoms with E-state index in [-0.39, 0.29) is 5.92 Å². The van der Waals surface area contributed by atoms with E-state index in [2.05, 4.69) is 32.9 Å². The molecule has 0 aromatic heterocycles. The summed E-state index contributed by atoms with van der Waals surface area (Å²) in [7, 11) is 0. The van der Waals surface area contributed by atoms with Crippen LogP contribution >= 0.6 is 0 Å². The topological polar surface area (TPSA) is 17.1 Å². The molecule has 0 aromatic rings. The number of hydrogen-bond donors (Lipinski definition) is 0. The SMILES string of the molecule is CC(C)CCCC(C)CC1CC=CCC1C=O. The van der Waals surface area contributed by atoms with Crippen LogP contribution < -0.4 is 0 Å². The maximum atomic E-state index is 11.0. The molecule has 3 atom stereocenters. The first-order chi connectivity index (χ1) is 8.13. The van der Waals surface area contributed by atoms with Crippen LogP contribution in [0.4, 0.5) is 0 Å². The molecule has 1 aliphatic carbocycles. The lowest BCUT2D eigenvalue weighted by Gasteiger charge is -2.27. The van der Waals surface area contributed by atoms with E-state index in [0.29, 0.717) is 5.92 Å². The summed E-state index contributed by atoms with van der Waals surface area (Å²) < 4.78 is 0. The first-order valence-electron chi connectivity index (χ1n) is 7.23. The van der Waals surface area contributed by atoms with Crippen LogP contribution in [-0.4, -0.2) is 6.29 Å². The fraction of sp³-hybridized carbons (Fsp3) is 0.812. The molecular weight excluding hydrogens is 208 g/mol. The summed E-state index contributed by atoms with van der Waals surface area (Å²) in [6.07, 6.45) is 12.9. The molecule has 0 saturated heterocycles. The third-order valence-electron chi connectivity index (χ3n) is 3.98. The Morgan fingerprint density at radius 3 is 2.53 bits per heavy atom. The second-order valence-electron chi connectivity index (χ2n) is 6.17. The Morgan fingerprint density at radius 1 is 1.18 bits per heavy atom. The highest BCUT2D eigenvalue weighted by atomic mass is 16.1. The Morgan fingerprint density at radius 2 is 1.88 bits per heavy atom. The smallest absolute Gasteiger partial charge is 0.123 e. The Balaban J connectivity index is 2.26. The maximum Gasteiger partial charge on any atom is 0.123 e. The summed E-state index contributed by atoms with van der Waals surface area (Å²) in [5.41, 5.74) is 0.